The first-order valence-corrected chi connectivity index (χ1v) is 11.8. The van der Waals surface area contributed by atoms with Crippen molar-refractivity contribution in [2.24, 2.45) is 4.99 Å². The quantitative estimate of drug-likeness (QED) is 0.457. The van der Waals surface area contributed by atoms with Gasteiger partial charge in [0.2, 0.25) is 5.91 Å². The van der Waals surface area contributed by atoms with Gasteiger partial charge in [-0.3, -0.25) is 9.69 Å². The van der Waals surface area contributed by atoms with Gasteiger partial charge in [0.15, 0.2) is 5.96 Å². The van der Waals surface area contributed by atoms with E-state index in [1.807, 2.05) is 0 Å². The number of rotatable bonds is 10. The fourth-order valence-corrected chi connectivity index (χ4v) is 4.45. The number of nitrogens with one attached hydrogen (secondary N) is 2. The topological polar surface area (TPSA) is 60.0 Å². The standard InChI is InChI=1S/C24H39N5O/c1-3-22(29-17-7-8-23(29)30)13-14-26-24(25-4-2)27-18-20-9-11-21(12-10-20)19-28-15-5-6-16-28/h9-12,22H,3-8,13-19H2,1-2H3,(H2,25,26,27). The second kappa shape index (κ2) is 11.9. The molecule has 0 bridgehead atoms. The number of benzene rings is 1. The first-order chi connectivity index (χ1) is 14.7. The van der Waals surface area contributed by atoms with Crippen molar-refractivity contribution in [1.82, 2.24) is 20.4 Å². The van der Waals surface area contributed by atoms with Gasteiger partial charge in [-0.25, -0.2) is 4.99 Å². The number of nitrogens with zero attached hydrogens (tertiary/aromatic N) is 3. The Morgan fingerprint density at radius 1 is 1.03 bits per heavy atom. The summed E-state index contributed by atoms with van der Waals surface area (Å²) in [7, 11) is 0. The Labute approximate surface area is 182 Å². The third-order valence-corrected chi connectivity index (χ3v) is 6.18. The van der Waals surface area contributed by atoms with E-state index in [4.69, 9.17) is 4.99 Å². The van der Waals surface area contributed by atoms with Gasteiger partial charge in [-0.15, -0.1) is 0 Å². The molecule has 1 atom stereocenters. The summed E-state index contributed by atoms with van der Waals surface area (Å²) in [5.74, 6) is 1.16. The zero-order chi connectivity index (χ0) is 21.2. The monoisotopic (exact) mass is 413 g/mol. The maximum atomic E-state index is 12.0. The van der Waals surface area contributed by atoms with Gasteiger partial charge in [0.05, 0.1) is 6.54 Å². The molecular weight excluding hydrogens is 374 g/mol. The van der Waals surface area contributed by atoms with E-state index in [0.717, 1.165) is 51.4 Å². The van der Waals surface area contributed by atoms with Gasteiger partial charge in [-0.05, 0) is 63.2 Å². The van der Waals surface area contributed by atoms with Crippen LogP contribution in [-0.4, -0.2) is 60.4 Å². The van der Waals surface area contributed by atoms with Crippen LogP contribution in [0.1, 0.15) is 63.5 Å². The van der Waals surface area contributed by atoms with Crippen LogP contribution in [0.15, 0.2) is 29.3 Å². The van der Waals surface area contributed by atoms with Crippen molar-refractivity contribution in [3.63, 3.8) is 0 Å². The van der Waals surface area contributed by atoms with Crippen LogP contribution >= 0.6 is 0 Å². The predicted molar refractivity (Wildman–Crippen MR) is 123 cm³/mol. The van der Waals surface area contributed by atoms with Gasteiger partial charge in [0.1, 0.15) is 0 Å². The van der Waals surface area contributed by atoms with Crippen LogP contribution in [0.2, 0.25) is 0 Å². The Morgan fingerprint density at radius 3 is 2.40 bits per heavy atom. The van der Waals surface area contributed by atoms with E-state index in [1.54, 1.807) is 0 Å². The van der Waals surface area contributed by atoms with Crippen LogP contribution in [0.3, 0.4) is 0 Å². The van der Waals surface area contributed by atoms with E-state index in [0.29, 0.717) is 24.9 Å². The van der Waals surface area contributed by atoms with E-state index in [9.17, 15) is 4.79 Å². The molecule has 1 aromatic rings. The Hall–Kier alpha value is -2.08. The molecule has 0 aliphatic carbocycles. The lowest BCUT2D eigenvalue weighted by Gasteiger charge is -2.27. The molecule has 2 aliphatic rings. The second-order valence-electron chi connectivity index (χ2n) is 8.46. The SMILES string of the molecule is CCNC(=NCc1ccc(CN2CCCC2)cc1)NCCC(CC)N1CCCC1=O. The average molecular weight is 414 g/mol. The fraction of sp³-hybridized carbons (Fsp3) is 0.667. The number of carbonyl (C=O) groups is 1. The van der Waals surface area contributed by atoms with E-state index < -0.39 is 0 Å². The van der Waals surface area contributed by atoms with Gasteiger partial charge in [0, 0.05) is 38.6 Å². The molecule has 1 unspecified atom stereocenters. The van der Waals surface area contributed by atoms with Crippen molar-refractivity contribution < 1.29 is 4.79 Å². The summed E-state index contributed by atoms with van der Waals surface area (Å²) in [4.78, 5) is 21.4. The minimum Gasteiger partial charge on any atom is -0.357 e. The van der Waals surface area contributed by atoms with E-state index in [1.165, 1.54) is 37.1 Å². The zero-order valence-electron chi connectivity index (χ0n) is 18.8. The van der Waals surface area contributed by atoms with Gasteiger partial charge >= 0.3 is 0 Å². The van der Waals surface area contributed by atoms with E-state index >= 15 is 0 Å². The van der Waals surface area contributed by atoms with Crippen molar-refractivity contribution in [1.29, 1.82) is 0 Å². The summed E-state index contributed by atoms with van der Waals surface area (Å²) >= 11 is 0. The Morgan fingerprint density at radius 2 is 1.77 bits per heavy atom. The third kappa shape index (κ3) is 6.73. The number of likely N-dealkylation sites (tertiary alicyclic amines) is 2. The van der Waals surface area contributed by atoms with Crippen molar-refractivity contribution >= 4 is 11.9 Å². The predicted octanol–water partition coefficient (Wildman–Crippen LogP) is 3.13. The van der Waals surface area contributed by atoms with Crippen LogP contribution in [0, 0.1) is 0 Å². The molecule has 6 heteroatoms. The van der Waals surface area contributed by atoms with Gasteiger partial charge in [-0.1, -0.05) is 31.2 Å². The summed E-state index contributed by atoms with van der Waals surface area (Å²) < 4.78 is 0. The van der Waals surface area contributed by atoms with Gasteiger partial charge in [-0.2, -0.15) is 0 Å². The first kappa shape index (κ1) is 22.6. The number of carbonyl (C=O) groups excluding carboxylic acids is 1. The van der Waals surface area contributed by atoms with Crippen LogP contribution in [0.4, 0.5) is 0 Å². The first-order valence-electron chi connectivity index (χ1n) is 11.8. The van der Waals surface area contributed by atoms with Crippen LogP contribution < -0.4 is 10.6 Å². The summed E-state index contributed by atoms with van der Waals surface area (Å²) in [5.41, 5.74) is 2.61. The molecule has 166 valence electrons. The van der Waals surface area contributed by atoms with Gasteiger partial charge in [0.25, 0.3) is 0 Å². The summed E-state index contributed by atoms with van der Waals surface area (Å²) in [5, 5.41) is 6.78. The second-order valence-corrected chi connectivity index (χ2v) is 8.46. The molecule has 6 nitrogen and oxygen atoms in total. The highest BCUT2D eigenvalue weighted by atomic mass is 16.2. The van der Waals surface area contributed by atoms with Crippen molar-refractivity contribution in [2.45, 2.75) is 71.5 Å². The lowest BCUT2D eigenvalue weighted by molar-refractivity contribution is -0.129. The molecule has 0 saturated carbocycles. The summed E-state index contributed by atoms with van der Waals surface area (Å²) in [6.45, 7) is 11.0. The van der Waals surface area contributed by atoms with E-state index in [2.05, 4.69) is 58.5 Å². The number of hydrogen-bond donors (Lipinski definition) is 2. The summed E-state index contributed by atoms with van der Waals surface area (Å²) in [6, 6.07) is 9.21. The molecular formula is C24H39N5O. The molecule has 30 heavy (non-hydrogen) atoms. The van der Waals surface area contributed by atoms with E-state index in [-0.39, 0.29) is 0 Å². The number of aliphatic imine (C=N–C) groups is 1. The van der Waals surface area contributed by atoms with Crippen molar-refractivity contribution in [3.05, 3.63) is 35.4 Å². The normalized spacial score (nSPS) is 18.8. The molecule has 1 aromatic carbocycles. The maximum absolute atomic E-state index is 12.0. The van der Waals surface area contributed by atoms with Crippen LogP contribution in [0.25, 0.3) is 0 Å². The molecule has 2 heterocycles. The molecule has 2 aliphatic heterocycles. The molecule has 3 rings (SSSR count). The van der Waals surface area contributed by atoms with Crippen LogP contribution in [-0.2, 0) is 17.9 Å². The molecule has 0 aromatic heterocycles. The van der Waals surface area contributed by atoms with Gasteiger partial charge < -0.3 is 15.5 Å². The highest BCUT2D eigenvalue weighted by Gasteiger charge is 2.26. The molecule has 0 radical (unpaired) electrons. The Balaban J connectivity index is 1.46. The number of amides is 1. The fourth-order valence-electron chi connectivity index (χ4n) is 4.45. The smallest absolute Gasteiger partial charge is 0.222 e. The summed E-state index contributed by atoms with van der Waals surface area (Å²) in [6.07, 6.45) is 6.35. The Bertz CT molecular complexity index is 681. The lowest BCUT2D eigenvalue weighted by atomic mass is 10.1. The number of guanidine groups is 1. The Kier molecular flexibility index (Phi) is 9.00. The largest absolute Gasteiger partial charge is 0.357 e. The molecule has 2 N–H and O–H groups in total. The lowest BCUT2D eigenvalue weighted by Crippen LogP contribution is -2.42. The van der Waals surface area contributed by atoms with Crippen molar-refractivity contribution in [3.8, 4) is 0 Å². The third-order valence-electron chi connectivity index (χ3n) is 6.18. The zero-order valence-corrected chi connectivity index (χ0v) is 18.8. The minimum atomic E-state index is 0.315. The maximum Gasteiger partial charge on any atom is 0.222 e. The molecule has 2 fully saturated rings. The highest BCUT2D eigenvalue weighted by Crippen LogP contribution is 2.17. The van der Waals surface area contributed by atoms with Crippen LogP contribution in [0.5, 0.6) is 0 Å². The number of hydrogen-bond acceptors (Lipinski definition) is 3. The molecule has 2 saturated heterocycles. The molecule has 1 amide bonds. The average Bonchev–Trinajstić information content (AvgIpc) is 3.42. The molecule has 0 spiro atoms. The minimum absolute atomic E-state index is 0.315. The van der Waals surface area contributed by atoms with Crippen molar-refractivity contribution in [2.75, 3.05) is 32.7 Å². The highest BCUT2D eigenvalue weighted by molar-refractivity contribution is 5.80.